The molecule has 16 nitrogen and oxygen atoms in total. The molecule has 16 heteroatoms. The molecule has 4 saturated heterocycles. The van der Waals surface area contributed by atoms with Crippen LogP contribution in [0.3, 0.4) is 0 Å². The molecule has 0 aromatic heterocycles. The van der Waals surface area contributed by atoms with Crippen LogP contribution >= 0.6 is 0 Å². The zero-order valence-corrected chi connectivity index (χ0v) is 36.9. The lowest BCUT2D eigenvalue weighted by Crippen LogP contribution is -2.60. The van der Waals surface area contributed by atoms with Crippen molar-refractivity contribution in [2.24, 2.45) is 22.7 Å². The van der Waals surface area contributed by atoms with E-state index >= 15 is 0 Å². The number of esters is 1. The van der Waals surface area contributed by atoms with Crippen LogP contribution in [-0.4, -0.2) is 156 Å². The second kappa shape index (κ2) is 18.6. The summed E-state index contributed by atoms with van der Waals surface area (Å²) in [4.78, 5) is 35.0. The van der Waals surface area contributed by atoms with E-state index in [2.05, 4.69) is 5.32 Å². The van der Waals surface area contributed by atoms with Gasteiger partial charge < -0.3 is 63.4 Å². The average molecular weight is 816 g/mol. The molecule has 0 bridgehead atoms. The van der Waals surface area contributed by atoms with Gasteiger partial charge in [-0.15, -0.1) is 0 Å². The van der Waals surface area contributed by atoms with Crippen molar-refractivity contribution in [1.82, 2.24) is 10.2 Å². The highest BCUT2D eigenvalue weighted by atomic mass is 16.7. The molecular formula is C41H73N3O13. The van der Waals surface area contributed by atoms with Gasteiger partial charge in [-0.3, -0.25) is 9.59 Å². The molecule has 4 heterocycles. The van der Waals surface area contributed by atoms with Crippen molar-refractivity contribution in [3.05, 3.63) is 0 Å². The van der Waals surface area contributed by atoms with Crippen molar-refractivity contribution in [2.75, 3.05) is 21.3 Å². The van der Waals surface area contributed by atoms with Gasteiger partial charge in [0.15, 0.2) is 18.7 Å². The van der Waals surface area contributed by atoms with Crippen LogP contribution in [0.2, 0.25) is 0 Å². The first kappa shape index (κ1) is 47.5. The monoisotopic (exact) mass is 816 g/mol. The van der Waals surface area contributed by atoms with Gasteiger partial charge in [0.05, 0.1) is 53.6 Å². The van der Waals surface area contributed by atoms with Gasteiger partial charge in [-0.25, -0.2) is 4.99 Å². The number of rotatable bonds is 8. The van der Waals surface area contributed by atoms with Crippen LogP contribution in [-0.2, 0) is 47.5 Å². The van der Waals surface area contributed by atoms with E-state index in [1.165, 1.54) is 14.0 Å². The van der Waals surface area contributed by atoms with E-state index in [1.807, 2.05) is 46.6 Å². The van der Waals surface area contributed by atoms with E-state index in [4.69, 9.17) is 42.9 Å². The fourth-order valence-electron chi connectivity index (χ4n) is 9.09. The molecule has 0 aliphatic carbocycles. The van der Waals surface area contributed by atoms with Crippen molar-refractivity contribution in [1.29, 1.82) is 0 Å². The summed E-state index contributed by atoms with van der Waals surface area (Å²) in [5.41, 5.74) is -4.20. The van der Waals surface area contributed by atoms with Gasteiger partial charge in [0.25, 0.3) is 6.02 Å². The Hall–Kier alpha value is -2.15. The average Bonchev–Trinajstić information content (AvgIpc) is 3.45. The SMILES string of the molecule is CC[C@H]1OC(=O)[C@H](C)[C@@H](O[C@H]2C[C@@](C)(OC)[C@@H](O)[C@H](C)O2)[C@H](C)[C@@H](O[C@@H]2O[C@H](C)C[C@H]3[C@H]2OC(=NC(C)C)N3C)[C@](C)(OC)C[C@@H](C)C(=O)N[C@H](C)[C@@H](O)[C@]1(C)O. The lowest BCUT2D eigenvalue weighted by molar-refractivity contribution is -0.315. The van der Waals surface area contributed by atoms with Gasteiger partial charge in [0, 0.05) is 45.6 Å². The molecule has 0 radical (unpaired) electrons. The number of fused-ring (bicyclic) bond motifs is 1. The lowest BCUT2D eigenvalue weighted by Gasteiger charge is -2.49. The molecule has 4 N–H and O–H groups in total. The van der Waals surface area contributed by atoms with Crippen LogP contribution in [0.25, 0.3) is 0 Å². The second-order valence-corrected chi connectivity index (χ2v) is 18.0. The van der Waals surface area contributed by atoms with Gasteiger partial charge in [-0.05, 0) is 81.6 Å². The zero-order chi connectivity index (χ0) is 42.9. The number of aliphatic hydroxyl groups is 3. The summed E-state index contributed by atoms with van der Waals surface area (Å²) in [6.45, 7) is 21.3. The number of hydrogen-bond donors (Lipinski definition) is 4. The number of aliphatic imine (C=N–C) groups is 1. The number of carbonyl (C=O) groups excluding carboxylic acids is 2. The maximum Gasteiger partial charge on any atom is 0.311 e. The molecule has 18 atom stereocenters. The van der Waals surface area contributed by atoms with Crippen LogP contribution in [0.5, 0.6) is 0 Å². The van der Waals surface area contributed by atoms with Crippen LogP contribution < -0.4 is 5.32 Å². The Kier molecular flexibility index (Phi) is 15.5. The quantitative estimate of drug-likeness (QED) is 0.261. The number of nitrogens with zero attached hydrogens (tertiary/aromatic N) is 2. The number of amides is 1. The highest BCUT2D eigenvalue weighted by Crippen LogP contribution is 2.42. The van der Waals surface area contributed by atoms with Gasteiger partial charge in [-0.1, -0.05) is 20.8 Å². The minimum atomic E-state index is -1.94. The number of carbonyl (C=O) groups is 2. The minimum Gasteiger partial charge on any atom is -0.459 e. The smallest absolute Gasteiger partial charge is 0.311 e. The molecule has 0 unspecified atom stereocenters. The number of hydrogen-bond acceptors (Lipinski definition) is 14. The standard InChI is InChI=1S/C41H73N3O13/c1-16-28-41(12,49)32(45)25(8)43-35(47)21(4)18-40(11,51-15)34(57-37-31-27(17-22(5)52-37)44(13)38(56-31)42-20(2)3)23(6)30(24(7)36(48)54-28)55-29-19-39(10,50-14)33(46)26(9)53-29/h20-34,37,45-46,49H,16-19H2,1-15H3,(H,43,47)/t21-,22-,23+,24-,25-,26+,27+,28-,29+,30+,31-,32-,33+,34-,37+,39-,40-,41-/m1/s1. The van der Waals surface area contributed by atoms with E-state index in [1.54, 1.807) is 48.7 Å². The molecule has 4 fully saturated rings. The molecule has 0 aromatic carbocycles. The van der Waals surface area contributed by atoms with Crippen LogP contribution in [0.15, 0.2) is 4.99 Å². The molecule has 4 aliphatic heterocycles. The first-order valence-electron chi connectivity index (χ1n) is 20.7. The number of ether oxygens (including phenoxy) is 8. The third kappa shape index (κ3) is 10.1. The van der Waals surface area contributed by atoms with Crippen LogP contribution in [0.4, 0.5) is 0 Å². The number of aliphatic hydroxyl groups excluding tert-OH is 2. The maximum atomic E-state index is 14.4. The first-order valence-corrected chi connectivity index (χ1v) is 20.7. The van der Waals surface area contributed by atoms with E-state index in [0.29, 0.717) is 12.4 Å². The number of amidine groups is 1. The fourth-order valence-corrected chi connectivity index (χ4v) is 9.09. The number of methoxy groups -OCH3 is 2. The Morgan fingerprint density at radius 3 is 2.14 bits per heavy atom. The summed E-state index contributed by atoms with van der Waals surface area (Å²) in [6.07, 6.45) is -7.78. The highest BCUT2D eigenvalue weighted by Gasteiger charge is 2.55. The Morgan fingerprint density at radius 2 is 1.56 bits per heavy atom. The molecule has 0 saturated carbocycles. The van der Waals surface area contributed by atoms with Gasteiger partial charge in [0.2, 0.25) is 5.91 Å². The summed E-state index contributed by atoms with van der Waals surface area (Å²) < 4.78 is 51.3. The summed E-state index contributed by atoms with van der Waals surface area (Å²) in [7, 11) is 5.00. The molecule has 0 aromatic rings. The Balaban J connectivity index is 1.87. The Bertz CT molecular complexity index is 1400. The van der Waals surface area contributed by atoms with Gasteiger partial charge in [0.1, 0.15) is 23.9 Å². The van der Waals surface area contributed by atoms with Gasteiger partial charge in [-0.2, -0.15) is 0 Å². The Labute approximate surface area is 339 Å². The predicted molar refractivity (Wildman–Crippen MR) is 210 cm³/mol. The second-order valence-electron chi connectivity index (χ2n) is 18.0. The van der Waals surface area contributed by atoms with Crippen molar-refractivity contribution in [3.8, 4) is 0 Å². The Morgan fingerprint density at radius 1 is 0.930 bits per heavy atom. The van der Waals surface area contributed by atoms with E-state index in [-0.39, 0.29) is 43.4 Å². The third-order valence-corrected chi connectivity index (χ3v) is 12.9. The highest BCUT2D eigenvalue weighted by molar-refractivity contribution is 5.79. The molecule has 57 heavy (non-hydrogen) atoms. The van der Waals surface area contributed by atoms with Crippen molar-refractivity contribution < 1.29 is 62.8 Å². The largest absolute Gasteiger partial charge is 0.459 e. The summed E-state index contributed by atoms with van der Waals surface area (Å²) >= 11 is 0. The number of cyclic esters (lactones) is 1. The summed E-state index contributed by atoms with van der Waals surface area (Å²) in [5, 5.41) is 37.0. The van der Waals surface area contributed by atoms with Crippen molar-refractivity contribution in [2.45, 2.75) is 205 Å². The summed E-state index contributed by atoms with van der Waals surface area (Å²) in [6, 6.07) is -0.554. The van der Waals surface area contributed by atoms with E-state index in [9.17, 15) is 24.9 Å². The third-order valence-electron chi connectivity index (χ3n) is 12.9. The first-order chi connectivity index (χ1) is 26.4. The topological polar surface area (TPSA) is 196 Å². The molecule has 1 amide bonds. The normalized spacial score (nSPS) is 47.5. The van der Waals surface area contributed by atoms with Crippen LogP contribution in [0.1, 0.15) is 109 Å². The molecular weight excluding hydrogens is 742 g/mol. The maximum absolute atomic E-state index is 14.4. The van der Waals surface area contributed by atoms with Gasteiger partial charge >= 0.3 is 5.97 Å². The molecule has 4 aliphatic rings. The van der Waals surface area contributed by atoms with Crippen molar-refractivity contribution >= 4 is 17.9 Å². The van der Waals surface area contributed by atoms with E-state index in [0.717, 1.165) is 0 Å². The summed E-state index contributed by atoms with van der Waals surface area (Å²) in [5.74, 6) is -3.47. The molecule has 4 rings (SSSR count). The fraction of sp³-hybridized carbons (Fsp3) is 0.927. The van der Waals surface area contributed by atoms with Crippen molar-refractivity contribution in [3.63, 3.8) is 0 Å². The molecule has 0 spiro atoms. The van der Waals surface area contributed by atoms with E-state index < -0.39 is 102 Å². The lowest BCUT2D eigenvalue weighted by atomic mass is 9.77. The van der Waals surface area contributed by atoms with Crippen LogP contribution in [0, 0.1) is 17.8 Å². The number of likely N-dealkylation sites (N-methyl/N-ethyl adjacent to an activating group) is 1. The zero-order valence-electron chi connectivity index (χ0n) is 36.9. The molecule has 330 valence electrons. The predicted octanol–water partition coefficient (Wildman–Crippen LogP) is 2.91. The number of nitrogens with one attached hydrogen (secondary N) is 1. The minimum absolute atomic E-state index is 0.0154.